The number of benzene rings is 2. The zero-order chi connectivity index (χ0) is 33.3. The van der Waals surface area contributed by atoms with Crippen molar-refractivity contribution in [1.29, 1.82) is 0 Å². The summed E-state index contributed by atoms with van der Waals surface area (Å²) in [5, 5.41) is 1.40. The summed E-state index contributed by atoms with van der Waals surface area (Å²) in [6.07, 6.45) is 2.47. The SMILES string of the molecule is CC(C)(C)c1ccc(CP(C(C)(C)C)C(C)(C)C)c(CP(C(C)(C)C)C(C)(C)C)c1.Cc1ccc(C(C)(C)C)cc1C. The molecule has 0 saturated carbocycles. The van der Waals surface area contributed by atoms with E-state index in [9.17, 15) is 0 Å². The van der Waals surface area contributed by atoms with Gasteiger partial charge < -0.3 is 0 Å². The molecule has 0 aliphatic heterocycles. The minimum Gasteiger partial charge on any atom is -0.0911 e. The fourth-order valence-electron chi connectivity index (χ4n) is 5.90. The van der Waals surface area contributed by atoms with Crippen LogP contribution in [0.1, 0.15) is 158 Å². The van der Waals surface area contributed by atoms with Crippen LogP contribution in [0, 0.1) is 13.8 Å². The van der Waals surface area contributed by atoms with Gasteiger partial charge in [-0.05, 0) is 91.0 Å². The fourth-order valence-corrected chi connectivity index (χ4v) is 13.1. The van der Waals surface area contributed by atoms with Crippen LogP contribution in [0.25, 0.3) is 0 Å². The summed E-state index contributed by atoms with van der Waals surface area (Å²) in [5.74, 6) is 0. The van der Waals surface area contributed by atoms with Gasteiger partial charge in [0.15, 0.2) is 0 Å². The third-order valence-corrected chi connectivity index (χ3v) is 16.1. The topological polar surface area (TPSA) is 0 Å². The molecule has 0 fully saturated rings. The molecule has 0 heterocycles. The highest BCUT2D eigenvalue weighted by Crippen LogP contribution is 2.64. The Morgan fingerprint density at radius 2 is 0.738 bits per heavy atom. The van der Waals surface area contributed by atoms with Crippen LogP contribution in [-0.2, 0) is 23.2 Å². The van der Waals surface area contributed by atoms with Crippen LogP contribution in [0.3, 0.4) is 0 Å². The van der Waals surface area contributed by atoms with Gasteiger partial charge in [0, 0.05) is 0 Å². The van der Waals surface area contributed by atoms with Crippen molar-refractivity contribution in [2.24, 2.45) is 0 Å². The smallest absolute Gasteiger partial charge is 0.00607 e. The van der Waals surface area contributed by atoms with E-state index in [0.29, 0.717) is 20.6 Å². The Labute approximate surface area is 267 Å². The monoisotopic (exact) mass is 612 g/mol. The van der Waals surface area contributed by atoms with E-state index in [1.54, 1.807) is 11.1 Å². The lowest BCUT2D eigenvalue weighted by Crippen LogP contribution is -2.27. The highest BCUT2D eigenvalue weighted by molar-refractivity contribution is 7.60. The van der Waals surface area contributed by atoms with Crippen molar-refractivity contribution in [2.75, 3.05) is 0 Å². The van der Waals surface area contributed by atoms with Crippen molar-refractivity contribution in [2.45, 2.75) is 182 Å². The van der Waals surface area contributed by atoms with Gasteiger partial charge in [-0.1, -0.05) is 177 Å². The van der Waals surface area contributed by atoms with Gasteiger partial charge in [-0.3, -0.25) is 0 Å². The Balaban J connectivity index is 0.000000609. The van der Waals surface area contributed by atoms with Crippen LogP contribution >= 0.6 is 15.8 Å². The van der Waals surface area contributed by atoms with Gasteiger partial charge in [-0.25, -0.2) is 0 Å². The molecule has 2 aromatic rings. The Hall–Kier alpha value is -0.700. The standard InChI is InChI=1S/C28H52P2.C12H18/c1-24(2,3)23-17-16-21(19-29(25(4,5)6)26(7,8)9)22(18-23)20-30(27(10,11)12)28(13,14)15;1-9-6-7-11(8-10(9)2)12(3,4)5/h16-18H,19-20H2,1-15H3;6-8H,1-5H3. The van der Waals surface area contributed by atoms with Gasteiger partial charge in [0.1, 0.15) is 0 Å². The fraction of sp³-hybridized carbons (Fsp3) is 0.700. The van der Waals surface area contributed by atoms with Crippen LogP contribution in [0.2, 0.25) is 0 Å². The second-order valence-electron chi connectivity index (χ2n) is 18.6. The highest BCUT2D eigenvalue weighted by atomic mass is 31.1. The summed E-state index contributed by atoms with van der Waals surface area (Å²) in [6, 6.07) is 14.2. The summed E-state index contributed by atoms with van der Waals surface area (Å²) < 4.78 is 0. The molecule has 0 N–H and O–H groups in total. The Kier molecular flexibility index (Phi) is 12.9. The van der Waals surface area contributed by atoms with Gasteiger partial charge in [-0.2, -0.15) is 0 Å². The second kappa shape index (κ2) is 13.7. The quantitative estimate of drug-likeness (QED) is 0.301. The third-order valence-electron chi connectivity index (χ3n) is 8.34. The molecule has 0 atom stereocenters. The summed E-state index contributed by atoms with van der Waals surface area (Å²) in [4.78, 5) is 0. The van der Waals surface area contributed by atoms with Gasteiger partial charge in [0.2, 0.25) is 0 Å². The maximum absolute atomic E-state index is 2.57. The first-order chi connectivity index (χ1) is 18.5. The lowest BCUT2D eigenvalue weighted by atomic mass is 9.85. The van der Waals surface area contributed by atoms with E-state index in [4.69, 9.17) is 0 Å². The van der Waals surface area contributed by atoms with Crippen molar-refractivity contribution in [1.82, 2.24) is 0 Å². The number of rotatable bonds is 4. The van der Waals surface area contributed by atoms with E-state index in [1.807, 2.05) is 0 Å². The second-order valence-corrected chi connectivity index (χ2v) is 26.3. The molecule has 0 spiro atoms. The molecule has 42 heavy (non-hydrogen) atoms. The van der Waals surface area contributed by atoms with E-state index in [1.165, 1.54) is 34.6 Å². The first-order valence-electron chi connectivity index (χ1n) is 16.2. The van der Waals surface area contributed by atoms with Crippen molar-refractivity contribution >= 4 is 15.8 Å². The zero-order valence-electron chi connectivity index (χ0n) is 31.8. The molecular weight excluding hydrogens is 542 g/mol. The summed E-state index contributed by atoms with van der Waals surface area (Å²) >= 11 is 0. The minimum absolute atomic E-state index is 0.147. The molecule has 0 radical (unpaired) electrons. The van der Waals surface area contributed by atoms with Crippen molar-refractivity contribution < 1.29 is 0 Å². The molecule has 0 aliphatic carbocycles. The van der Waals surface area contributed by atoms with E-state index >= 15 is 0 Å². The van der Waals surface area contributed by atoms with Crippen molar-refractivity contribution in [3.63, 3.8) is 0 Å². The first-order valence-corrected chi connectivity index (χ1v) is 19.3. The van der Waals surface area contributed by atoms with Crippen molar-refractivity contribution in [3.05, 3.63) is 69.8 Å². The Bertz CT molecular complexity index is 1120. The van der Waals surface area contributed by atoms with E-state index in [0.717, 1.165) is 0 Å². The Morgan fingerprint density at radius 1 is 0.405 bits per heavy atom. The van der Waals surface area contributed by atoms with Crippen LogP contribution in [0.4, 0.5) is 0 Å². The lowest BCUT2D eigenvalue weighted by Gasteiger charge is -2.44. The van der Waals surface area contributed by atoms with E-state index < -0.39 is 0 Å². The van der Waals surface area contributed by atoms with E-state index in [2.05, 4.69) is 175 Å². The molecule has 0 aromatic heterocycles. The van der Waals surface area contributed by atoms with Gasteiger partial charge >= 0.3 is 0 Å². The highest BCUT2D eigenvalue weighted by Gasteiger charge is 2.37. The summed E-state index contributed by atoms with van der Waals surface area (Å²) in [5.41, 5.74) is 9.38. The van der Waals surface area contributed by atoms with Gasteiger partial charge in [0.25, 0.3) is 0 Å². The largest absolute Gasteiger partial charge is 0.0911 e. The average Bonchev–Trinajstić information content (AvgIpc) is 2.74. The number of aryl methyl sites for hydroxylation is 2. The van der Waals surface area contributed by atoms with E-state index in [-0.39, 0.29) is 26.7 Å². The molecule has 240 valence electrons. The molecule has 0 bridgehead atoms. The molecule has 2 heteroatoms. The van der Waals surface area contributed by atoms with Gasteiger partial charge in [0.05, 0.1) is 0 Å². The lowest BCUT2D eigenvalue weighted by molar-refractivity contribution is 0.589. The predicted octanol–water partition coefficient (Wildman–Crippen LogP) is 13.7. The molecule has 0 aliphatic rings. The van der Waals surface area contributed by atoms with Gasteiger partial charge in [-0.15, -0.1) is 0 Å². The third kappa shape index (κ3) is 12.0. The summed E-state index contributed by atoms with van der Waals surface area (Å²) in [6.45, 7) is 47.5. The maximum atomic E-state index is 2.57. The normalized spacial score (nSPS) is 13.9. The van der Waals surface area contributed by atoms with Crippen molar-refractivity contribution in [3.8, 4) is 0 Å². The molecular formula is C40H70P2. The van der Waals surface area contributed by atoms with Crippen LogP contribution in [-0.4, -0.2) is 20.6 Å². The summed E-state index contributed by atoms with van der Waals surface area (Å²) in [7, 11) is -0.304. The molecule has 2 rings (SSSR count). The predicted molar refractivity (Wildman–Crippen MR) is 200 cm³/mol. The van der Waals surface area contributed by atoms with Crippen LogP contribution in [0.5, 0.6) is 0 Å². The number of hydrogen-bond acceptors (Lipinski definition) is 0. The molecule has 0 saturated heterocycles. The molecule has 2 aromatic carbocycles. The number of hydrogen-bond donors (Lipinski definition) is 0. The van der Waals surface area contributed by atoms with Crippen LogP contribution < -0.4 is 0 Å². The molecule has 0 nitrogen and oxygen atoms in total. The average molecular weight is 613 g/mol. The minimum atomic E-state index is -0.157. The maximum Gasteiger partial charge on any atom is -0.00607 e. The van der Waals surface area contributed by atoms with Crippen LogP contribution in [0.15, 0.2) is 36.4 Å². The molecule has 0 unspecified atom stereocenters. The Morgan fingerprint density at radius 3 is 1.07 bits per heavy atom. The molecule has 0 amide bonds. The first kappa shape index (κ1) is 39.3. The zero-order valence-corrected chi connectivity index (χ0v) is 33.6.